The molecule has 6 nitrogen and oxygen atoms in total. The summed E-state index contributed by atoms with van der Waals surface area (Å²) in [5.74, 6) is 0. The topological polar surface area (TPSA) is 76.8 Å². The fourth-order valence-electron chi connectivity index (χ4n) is 2.72. The normalized spacial score (nSPS) is 20.8. The van der Waals surface area contributed by atoms with Crippen LogP contribution in [0.15, 0.2) is 0 Å². The number of amides is 1. The average Bonchev–Trinajstić information content (AvgIpc) is 2.43. The molecule has 1 fully saturated rings. The van der Waals surface area contributed by atoms with Crippen molar-refractivity contribution in [2.45, 2.75) is 64.1 Å². The molecule has 1 rings (SSSR count). The monoisotopic (exact) mass is 315 g/mol. The molecule has 0 saturated carbocycles. The van der Waals surface area contributed by atoms with Gasteiger partial charge in [-0.05, 0) is 53.0 Å². The van der Waals surface area contributed by atoms with Crippen LogP contribution in [-0.4, -0.2) is 62.0 Å². The molecule has 2 atom stereocenters. The number of carbonyl (C=O) groups is 1. The first-order chi connectivity index (χ1) is 10.4. The van der Waals surface area contributed by atoms with Gasteiger partial charge in [-0.3, -0.25) is 0 Å². The summed E-state index contributed by atoms with van der Waals surface area (Å²) in [6.07, 6.45) is 3.82. The molecule has 0 aromatic rings. The first kappa shape index (κ1) is 19.2. The minimum atomic E-state index is -0.447. The first-order valence-corrected chi connectivity index (χ1v) is 8.28. The molecule has 1 aliphatic rings. The minimum absolute atomic E-state index is 0.218. The zero-order valence-electron chi connectivity index (χ0n) is 14.6. The molecule has 2 unspecified atom stereocenters. The second-order valence-electron chi connectivity index (χ2n) is 7.02. The van der Waals surface area contributed by atoms with E-state index in [1.54, 1.807) is 12.0 Å². The van der Waals surface area contributed by atoms with Crippen molar-refractivity contribution in [3.05, 3.63) is 0 Å². The number of nitrogens with zero attached hydrogens (tertiary/aromatic N) is 1. The Balaban J connectivity index is 2.48. The Morgan fingerprint density at radius 2 is 2.18 bits per heavy atom. The van der Waals surface area contributed by atoms with Crippen LogP contribution in [0.4, 0.5) is 4.79 Å². The molecule has 1 heterocycles. The van der Waals surface area contributed by atoms with Crippen LogP contribution in [0.5, 0.6) is 0 Å². The summed E-state index contributed by atoms with van der Waals surface area (Å²) in [5, 5.41) is 3.61. The summed E-state index contributed by atoms with van der Waals surface area (Å²) in [4.78, 5) is 14.0. The maximum absolute atomic E-state index is 12.2. The lowest BCUT2D eigenvalue weighted by Crippen LogP contribution is -2.52. The van der Waals surface area contributed by atoms with E-state index in [9.17, 15) is 4.79 Å². The summed E-state index contributed by atoms with van der Waals surface area (Å²) in [7, 11) is 1.71. The number of rotatable bonds is 7. The van der Waals surface area contributed by atoms with Crippen molar-refractivity contribution in [2.24, 2.45) is 5.73 Å². The summed E-state index contributed by atoms with van der Waals surface area (Å²) < 4.78 is 10.7. The van der Waals surface area contributed by atoms with Crippen molar-refractivity contribution < 1.29 is 14.3 Å². The van der Waals surface area contributed by atoms with Gasteiger partial charge >= 0.3 is 6.09 Å². The van der Waals surface area contributed by atoms with Crippen LogP contribution in [0.1, 0.15) is 46.5 Å². The van der Waals surface area contributed by atoms with E-state index in [1.807, 2.05) is 20.8 Å². The van der Waals surface area contributed by atoms with Crippen LogP contribution in [0.2, 0.25) is 0 Å². The lowest BCUT2D eigenvalue weighted by molar-refractivity contribution is 0.0177. The average molecular weight is 315 g/mol. The van der Waals surface area contributed by atoms with E-state index in [-0.39, 0.29) is 12.1 Å². The van der Waals surface area contributed by atoms with E-state index in [2.05, 4.69) is 5.32 Å². The third kappa shape index (κ3) is 7.42. The highest BCUT2D eigenvalue weighted by Crippen LogP contribution is 2.16. The van der Waals surface area contributed by atoms with E-state index in [1.165, 1.54) is 0 Å². The van der Waals surface area contributed by atoms with E-state index in [0.29, 0.717) is 25.7 Å². The molecule has 1 aliphatic heterocycles. The SMILES string of the molecule is COCC(CCCN)NC1CCCN(C(=O)OC(C)(C)C)C1. The zero-order chi connectivity index (χ0) is 16.6. The van der Waals surface area contributed by atoms with Gasteiger partial charge in [-0.15, -0.1) is 0 Å². The lowest BCUT2D eigenvalue weighted by atomic mass is 10.0. The first-order valence-electron chi connectivity index (χ1n) is 8.28. The second-order valence-corrected chi connectivity index (χ2v) is 7.02. The molecule has 0 spiro atoms. The molecule has 6 heteroatoms. The van der Waals surface area contributed by atoms with Gasteiger partial charge in [0, 0.05) is 32.3 Å². The van der Waals surface area contributed by atoms with E-state index >= 15 is 0 Å². The highest BCUT2D eigenvalue weighted by molar-refractivity contribution is 5.68. The second kappa shape index (κ2) is 9.33. The largest absolute Gasteiger partial charge is 0.444 e. The number of piperidine rings is 1. The number of carbonyl (C=O) groups excluding carboxylic acids is 1. The third-order valence-electron chi connectivity index (χ3n) is 3.67. The van der Waals surface area contributed by atoms with Crippen LogP contribution in [0.3, 0.4) is 0 Å². The van der Waals surface area contributed by atoms with Gasteiger partial charge in [0.05, 0.1) is 6.61 Å². The van der Waals surface area contributed by atoms with Crippen molar-refractivity contribution in [1.29, 1.82) is 0 Å². The van der Waals surface area contributed by atoms with E-state index in [0.717, 1.165) is 32.2 Å². The lowest BCUT2D eigenvalue weighted by Gasteiger charge is -2.36. The van der Waals surface area contributed by atoms with Gasteiger partial charge in [-0.2, -0.15) is 0 Å². The van der Waals surface area contributed by atoms with Crippen LogP contribution in [0.25, 0.3) is 0 Å². The molecule has 0 bridgehead atoms. The Bertz CT molecular complexity index is 331. The Hall–Kier alpha value is -0.850. The Morgan fingerprint density at radius 1 is 1.45 bits per heavy atom. The predicted octanol–water partition coefficient (Wildman–Crippen LogP) is 1.73. The number of hydrogen-bond acceptors (Lipinski definition) is 5. The maximum atomic E-state index is 12.2. The van der Waals surface area contributed by atoms with Gasteiger partial charge in [0.15, 0.2) is 0 Å². The number of ether oxygens (including phenoxy) is 2. The van der Waals surface area contributed by atoms with Gasteiger partial charge in [0.1, 0.15) is 5.60 Å². The highest BCUT2D eigenvalue weighted by atomic mass is 16.6. The number of hydrogen-bond donors (Lipinski definition) is 2. The molecule has 0 aliphatic carbocycles. The Morgan fingerprint density at radius 3 is 2.77 bits per heavy atom. The van der Waals surface area contributed by atoms with Crippen molar-refractivity contribution in [3.63, 3.8) is 0 Å². The van der Waals surface area contributed by atoms with Gasteiger partial charge in [0.25, 0.3) is 0 Å². The summed E-state index contributed by atoms with van der Waals surface area (Å²) in [5.41, 5.74) is 5.14. The fraction of sp³-hybridized carbons (Fsp3) is 0.938. The van der Waals surface area contributed by atoms with Crippen LogP contribution in [-0.2, 0) is 9.47 Å². The van der Waals surface area contributed by atoms with E-state index < -0.39 is 5.60 Å². The van der Waals surface area contributed by atoms with Crippen LogP contribution < -0.4 is 11.1 Å². The van der Waals surface area contributed by atoms with E-state index in [4.69, 9.17) is 15.2 Å². The van der Waals surface area contributed by atoms with Crippen molar-refractivity contribution in [3.8, 4) is 0 Å². The molecule has 22 heavy (non-hydrogen) atoms. The zero-order valence-corrected chi connectivity index (χ0v) is 14.6. The third-order valence-corrected chi connectivity index (χ3v) is 3.67. The summed E-state index contributed by atoms with van der Waals surface area (Å²) in [6, 6.07) is 0.580. The Kier molecular flexibility index (Phi) is 8.14. The molecule has 130 valence electrons. The van der Waals surface area contributed by atoms with Gasteiger partial charge in [-0.25, -0.2) is 4.79 Å². The predicted molar refractivity (Wildman–Crippen MR) is 87.9 cm³/mol. The fourth-order valence-corrected chi connectivity index (χ4v) is 2.72. The molecule has 3 N–H and O–H groups in total. The smallest absolute Gasteiger partial charge is 0.410 e. The number of methoxy groups -OCH3 is 1. The molecule has 1 amide bonds. The molecule has 0 aromatic carbocycles. The molecule has 0 radical (unpaired) electrons. The summed E-state index contributed by atoms with van der Waals surface area (Å²) in [6.45, 7) is 8.51. The molecular formula is C16H33N3O3. The molecular weight excluding hydrogens is 282 g/mol. The minimum Gasteiger partial charge on any atom is -0.444 e. The summed E-state index contributed by atoms with van der Waals surface area (Å²) >= 11 is 0. The van der Waals surface area contributed by atoms with Gasteiger partial charge < -0.3 is 25.4 Å². The standard InChI is InChI=1S/C16H33N3O3/c1-16(2,3)22-15(20)19-10-6-8-13(11-19)18-14(12-21-4)7-5-9-17/h13-14,18H,5-12,17H2,1-4H3. The van der Waals surface area contributed by atoms with Crippen LogP contribution >= 0.6 is 0 Å². The van der Waals surface area contributed by atoms with Gasteiger partial charge in [0.2, 0.25) is 0 Å². The number of likely N-dealkylation sites (tertiary alicyclic amines) is 1. The molecule has 0 aromatic heterocycles. The molecule has 1 saturated heterocycles. The van der Waals surface area contributed by atoms with Gasteiger partial charge in [-0.1, -0.05) is 0 Å². The van der Waals surface area contributed by atoms with Crippen LogP contribution in [0, 0.1) is 0 Å². The van der Waals surface area contributed by atoms with Crippen molar-refractivity contribution in [1.82, 2.24) is 10.2 Å². The van der Waals surface area contributed by atoms with Crippen molar-refractivity contribution >= 4 is 6.09 Å². The number of nitrogens with two attached hydrogens (primary N) is 1. The highest BCUT2D eigenvalue weighted by Gasteiger charge is 2.28. The quantitative estimate of drug-likeness (QED) is 0.748. The maximum Gasteiger partial charge on any atom is 0.410 e. The number of nitrogens with one attached hydrogen (secondary N) is 1. The Labute approximate surface area is 134 Å². The van der Waals surface area contributed by atoms with Crippen molar-refractivity contribution in [2.75, 3.05) is 33.4 Å².